The number of rotatable bonds is 3. The van der Waals surface area contributed by atoms with Crippen LogP contribution in [0.4, 0.5) is 5.69 Å². The van der Waals surface area contributed by atoms with Crippen LogP contribution in [0, 0.1) is 0 Å². The predicted octanol–water partition coefficient (Wildman–Crippen LogP) is -0.738. The van der Waals surface area contributed by atoms with Crippen LogP contribution in [0.25, 0.3) is 0 Å². The van der Waals surface area contributed by atoms with Gasteiger partial charge in [-0.1, -0.05) is 6.92 Å². The number of hydrogen-bond donors (Lipinski definition) is 0. The topological polar surface area (TPSA) is 58.2 Å². The SMILES string of the molecule is CCC(N=Nc1cc[n+](C)cc1)=NN=c1ccn(C)cc1.[Cl-]. The minimum Gasteiger partial charge on any atom is -1.00 e. The highest BCUT2D eigenvalue weighted by Crippen LogP contribution is 2.08. The van der Waals surface area contributed by atoms with E-state index in [1.807, 2.05) is 79.2 Å². The third-order valence-electron chi connectivity index (χ3n) is 2.80. The molecule has 0 aliphatic rings. The maximum atomic E-state index is 4.16. The van der Waals surface area contributed by atoms with E-state index < -0.39 is 0 Å². The number of hydrogen-bond acceptors (Lipinski definition) is 3. The van der Waals surface area contributed by atoms with Crippen molar-refractivity contribution >= 4 is 11.5 Å². The molecule has 0 atom stereocenters. The molecule has 0 amide bonds. The lowest BCUT2D eigenvalue weighted by atomic mass is 10.4. The molecular formula is C15H19ClN6. The van der Waals surface area contributed by atoms with Crippen molar-refractivity contribution in [2.75, 3.05) is 0 Å². The summed E-state index contributed by atoms with van der Waals surface area (Å²) in [6.45, 7) is 1.98. The van der Waals surface area contributed by atoms with Gasteiger partial charge >= 0.3 is 0 Å². The monoisotopic (exact) mass is 318 g/mol. The highest BCUT2D eigenvalue weighted by Gasteiger charge is 1.95. The molecule has 2 aromatic heterocycles. The molecule has 2 rings (SSSR count). The molecule has 116 valence electrons. The first kappa shape index (κ1) is 17.7. The molecule has 22 heavy (non-hydrogen) atoms. The predicted molar refractivity (Wildman–Crippen MR) is 80.8 cm³/mol. The average Bonchev–Trinajstić information content (AvgIpc) is 2.51. The van der Waals surface area contributed by atoms with Gasteiger partial charge in [-0.2, -0.15) is 0 Å². The van der Waals surface area contributed by atoms with Gasteiger partial charge in [0.25, 0.3) is 0 Å². The Morgan fingerprint density at radius 1 is 1.14 bits per heavy atom. The van der Waals surface area contributed by atoms with Crippen molar-refractivity contribution in [2.45, 2.75) is 13.3 Å². The first-order valence-corrected chi connectivity index (χ1v) is 6.77. The highest BCUT2D eigenvalue weighted by molar-refractivity contribution is 5.82. The minimum absolute atomic E-state index is 0. The molecule has 0 aliphatic heterocycles. The van der Waals surface area contributed by atoms with Crippen LogP contribution in [0.15, 0.2) is 69.5 Å². The Bertz CT molecular complexity index is 695. The zero-order valence-electron chi connectivity index (χ0n) is 12.9. The zero-order chi connectivity index (χ0) is 15.1. The fraction of sp³-hybridized carbons (Fsp3) is 0.267. The first-order valence-electron chi connectivity index (χ1n) is 6.77. The molecule has 0 saturated heterocycles. The number of nitrogens with zero attached hydrogens (tertiary/aromatic N) is 6. The van der Waals surface area contributed by atoms with E-state index in [2.05, 4.69) is 20.4 Å². The molecule has 0 bridgehead atoms. The van der Waals surface area contributed by atoms with Crippen molar-refractivity contribution in [1.29, 1.82) is 0 Å². The van der Waals surface area contributed by atoms with E-state index in [9.17, 15) is 0 Å². The van der Waals surface area contributed by atoms with Crippen LogP contribution in [0.2, 0.25) is 0 Å². The van der Waals surface area contributed by atoms with Crippen molar-refractivity contribution in [3.63, 3.8) is 0 Å². The maximum Gasteiger partial charge on any atom is 0.173 e. The van der Waals surface area contributed by atoms with Crippen LogP contribution in [0.3, 0.4) is 0 Å². The summed E-state index contributed by atoms with van der Waals surface area (Å²) in [5, 5.41) is 17.4. The Kier molecular flexibility index (Phi) is 7.12. The van der Waals surface area contributed by atoms with E-state index in [4.69, 9.17) is 0 Å². The fourth-order valence-corrected chi connectivity index (χ4v) is 1.51. The van der Waals surface area contributed by atoms with E-state index in [-0.39, 0.29) is 12.4 Å². The van der Waals surface area contributed by atoms with Gasteiger partial charge in [-0.25, -0.2) is 4.57 Å². The number of pyridine rings is 2. The van der Waals surface area contributed by atoms with E-state index in [0.29, 0.717) is 12.3 Å². The van der Waals surface area contributed by atoms with Crippen molar-refractivity contribution in [1.82, 2.24) is 4.57 Å². The number of aromatic nitrogens is 2. The van der Waals surface area contributed by atoms with Crippen LogP contribution < -0.4 is 22.3 Å². The Balaban J connectivity index is 0.00000242. The van der Waals surface area contributed by atoms with Gasteiger partial charge in [0, 0.05) is 38.0 Å². The molecule has 0 N–H and O–H groups in total. The normalized spacial score (nSPS) is 11.3. The van der Waals surface area contributed by atoms with Gasteiger partial charge in [0.2, 0.25) is 0 Å². The Morgan fingerprint density at radius 2 is 1.77 bits per heavy atom. The number of halogens is 1. The molecule has 0 unspecified atom stereocenters. The summed E-state index contributed by atoms with van der Waals surface area (Å²) in [5.74, 6) is 0.594. The molecule has 6 nitrogen and oxygen atoms in total. The van der Waals surface area contributed by atoms with Crippen molar-refractivity contribution < 1.29 is 17.0 Å². The smallest absolute Gasteiger partial charge is 0.173 e. The molecule has 2 aromatic rings. The molecule has 0 aliphatic carbocycles. The van der Waals surface area contributed by atoms with E-state index in [1.54, 1.807) is 0 Å². The Labute approximate surface area is 136 Å². The van der Waals surface area contributed by atoms with Crippen LogP contribution in [-0.2, 0) is 14.1 Å². The van der Waals surface area contributed by atoms with Crippen LogP contribution in [-0.4, -0.2) is 10.4 Å². The summed E-state index contributed by atoms with van der Waals surface area (Å²) in [4.78, 5) is 0. The average molecular weight is 319 g/mol. The lowest BCUT2D eigenvalue weighted by molar-refractivity contribution is -0.671. The Hall–Kier alpha value is -2.34. The van der Waals surface area contributed by atoms with Gasteiger partial charge in [0.1, 0.15) is 7.05 Å². The van der Waals surface area contributed by atoms with Gasteiger partial charge in [0.15, 0.2) is 18.2 Å². The second-order valence-corrected chi connectivity index (χ2v) is 4.61. The summed E-state index contributed by atoms with van der Waals surface area (Å²) in [5.41, 5.74) is 0.793. The largest absolute Gasteiger partial charge is 1.00 e. The lowest BCUT2D eigenvalue weighted by Gasteiger charge is -1.94. The first-order chi connectivity index (χ1) is 10.2. The lowest BCUT2D eigenvalue weighted by Crippen LogP contribution is -3.00. The second-order valence-electron chi connectivity index (χ2n) is 4.61. The summed E-state index contributed by atoms with van der Waals surface area (Å²) in [6.07, 6.45) is 8.36. The number of azo groups is 1. The van der Waals surface area contributed by atoms with Crippen molar-refractivity contribution in [2.24, 2.45) is 34.5 Å². The van der Waals surface area contributed by atoms with Crippen LogP contribution in [0.1, 0.15) is 13.3 Å². The Morgan fingerprint density at radius 3 is 2.36 bits per heavy atom. The zero-order valence-corrected chi connectivity index (χ0v) is 13.6. The van der Waals surface area contributed by atoms with Crippen molar-refractivity contribution in [3.8, 4) is 0 Å². The molecule has 0 fully saturated rings. The third kappa shape index (κ3) is 5.57. The number of amidine groups is 1. The molecule has 2 heterocycles. The number of aryl methyl sites for hydroxylation is 2. The minimum atomic E-state index is 0. The van der Waals surface area contributed by atoms with Gasteiger partial charge in [-0.05, 0) is 12.1 Å². The van der Waals surface area contributed by atoms with Crippen LogP contribution in [0.5, 0.6) is 0 Å². The van der Waals surface area contributed by atoms with Gasteiger partial charge in [-0.3, -0.25) is 0 Å². The summed E-state index contributed by atoms with van der Waals surface area (Å²) in [7, 11) is 3.91. The van der Waals surface area contributed by atoms with E-state index in [0.717, 1.165) is 11.0 Å². The molecular weight excluding hydrogens is 300 g/mol. The maximum absolute atomic E-state index is 4.16. The summed E-state index contributed by atoms with van der Waals surface area (Å²) in [6, 6.07) is 7.58. The quantitative estimate of drug-likeness (QED) is 0.235. The molecule has 7 heteroatoms. The van der Waals surface area contributed by atoms with E-state index >= 15 is 0 Å². The molecule has 0 aromatic carbocycles. The summed E-state index contributed by atoms with van der Waals surface area (Å²) >= 11 is 0. The van der Waals surface area contributed by atoms with Gasteiger partial charge in [-0.15, -0.1) is 20.4 Å². The molecule has 0 saturated carbocycles. The fourth-order valence-electron chi connectivity index (χ4n) is 1.51. The van der Waals surface area contributed by atoms with Gasteiger partial charge in [0.05, 0.1) is 11.0 Å². The third-order valence-corrected chi connectivity index (χ3v) is 2.80. The molecule has 0 radical (unpaired) electrons. The standard InChI is InChI=1S/C15H19N6.ClH/c1-4-15(18-16-13-5-9-20(2)10-6-13)19-17-14-7-11-21(3)12-8-14;/h5-12H,4H2,1-3H3;1H/q+1;/p-1. The van der Waals surface area contributed by atoms with Crippen LogP contribution >= 0.6 is 0 Å². The second kappa shape index (κ2) is 8.84. The summed E-state index contributed by atoms with van der Waals surface area (Å²) < 4.78 is 3.89. The molecule has 0 spiro atoms. The van der Waals surface area contributed by atoms with E-state index in [1.165, 1.54) is 0 Å². The highest BCUT2D eigenvalue weighted by atomic mass is 35.5. The van der Waals surface area contributed by atoms with Gasteiger partial charge < -0.3 is 17.0 Å². The van der Waals surface area contributed by atoms with Crippen molar-refractivity contribution in [3.05, 3.63) is 54.4 Å².